The van der Waals surface area contributed by atoms with E-state index in [0.29, 0.717) is 11.8 Å². The molecule has 1 amide bonds. The topological polar surface area (TPSA) is 41.1 Å². The smallest absolute Gasteiger partial charge is 0.230 e. The van der Waals surface area contributed by atoms with Gasteiger partial charge in [0, 0.05) is 12.6 Å². The van der Waals surface area contributed by atoms with Crippen molar-refractivity contribution in [3.05, 3.63) is 0 Å². The van der Waals surface area contributed by atoms with Crippen LogP contribution in [0.3, 0.4) is 0 Å². The Kier molecular flexibility index (Phi) is 9.83. The van der Waals surface area contributed by atoms with Crippen molar-refractivity contribution in [3.63, 3.8) is 0 Å². The van der Waals surface area contributed by atoms with Crippen LogP contribution in [-0.2, 0) is 4.79 Å². The van der Waals surface area contributed by atoms with E-state index < -0.39 is 0 Å². The van der Waals surface area contributed by atoms with Gasteiger partial charge in [0.1, 0.15) is 0 Å². The molecule has 0 aliphatic heterocycles. The van der Waals surface area contributed by atoms with E-state index in [1.165, 1.54) is 6.42 Å². The Labute approximate surface area is 104 Å². The van der Waals surface area contributed by atoms with Crippen molar-refractivity contribution < 1.29 is 4.79 Å². The van der Waals surface area contributed by atoms with Crippen molar-refractivity contribution in [1.29, 1.82) is 0 Å². The summed E-state index contributed by atoms with van der Waals surface area (Å²) in [6.07, 6.45) is 1.19. The molecule has 16 heavy (non-hydrogen) atoms. The molecule has 0 aromatic carbocycles. The highest BCUT2D eigenvalue weighted by Crippen LogP contribution is 2.07. The van der Waals surface area contributed by atoms with Crippen molar-refractivity contribution in [1.82, 2.24) is 10.6 Å². The number of carbonyl (C=O) groups is 1. The molecule has 0 aliphatic carbocycles. The predicted octanol–water partition coefficient (Wildman–Crippen LogP) is 1.88. The largest absolute Gasteiger partial charge is 0.354 e. The van der Waals surface area contributed by atoms with Gasteiger partial charge in [0.2, 0.25) is 5.91 Å². The van der Waals surface area contributed by atoms with Crippen LogP contribution in [0, 0.1) is 5.92 Å². The maximum Gasteiger partial charge on any atom is 0.230 e. The summed E-state index contributed by atoms with van der Waals surface area (Å²) < 4.78 is 0. The minimum atomic E-state index is 0.151. The van der Waals surface area contributed by atoms with Crippen molar-refractivity contribution in [2.75, 3.05) is 24.6 Å². The van der Waals surface area contributed by atoms with E-state index in [2.05, 4.69) is 38.3 Å². The lowest BCUT2D eigenvalue weighted by atomic mass is 10.2. The van der Waals surface area contributed by atoms with Gasteiger partial charge in [-0.2, -0.15) is 11.8 Å². The predicted molar refractivity (Wildman–Crippen MR) is 72.9 cm³/mol. The molecule has 3 nitrogen and oxygen atoms in total. The fraction of sp³-hybridized carbons (Fsp3) is 0.917. The molecule has 0 heterocycles. The van der Waals surface area contributed by atoms with E-state index in [1.54, 1.807) is 11.8 Å². The zero-order chi connectivity index (χ0) is 12.4. The first-order valence-corrected chi connectivity index (χ1v) is 7.29. The van der Waals surface area contributed by atoms with Crippen LogP contribution in [0.1, 0.15) is 34.1 Å². The summed E-state index contributed by atoms with van der Waals surface area (Å²) >= 11 is 1.72. The summed E-state index contributed by atoms with van der Waals surface area (Å²) in [5.41, 5.74) is 0. The fourth-order valence-corrected chi connectivity index (χ4v) is 2.29. The molecule has 0 fully saturated rings. The van der Waals surface area contributed by atoms with E-state index in [0.717, 1.165) is 24.8 Å². The van der Waals surface area contributed by atoms with Gasteiger partial charge in [0.05, 0.1) is 5.75 Å². The van der Waals surface area contributed by atoms with Gasteiger partial charge in [-0.3, -0.25) is 4.79 Å². The van der Waals surface area contributed by atoms with Crippen molar-refractivity contribution in [3.8, 4) is 0 Å². The van der Waals surface area contributed by atoms with Gasteiger partial charge in [0.25, 0.3) is 0 Å². The molecular weight excluding hydrogens is 220 g/mol. The maximum atomic E-state index is 11.4. The number of carbonyl (C=O) groups excluding carboxylic acids is 1. The van der Waals surface area contributed by atoms with E-state index in [1.807, 2.05) is 0 Å². The molecule has 96 valence electrons. The third-order valence-corrected chi connectivity index (χ3v) is 3.22. The molecule has 0 saturated carbocycles. The third kappa shape index (κ3) is 10.3. The van der Waals surface area contributed by atoms with Gasteiger partial charge >= 0.3 is 0 Å². The average Bonchev–Trinajstić information content (AvgIpc) is 2.22. The molecule has 4 heteroatoms. The van der Waals surface area contributed by atoms with Gasteiger partial charge in [-0.1, -0.05) is 20.8 Å². The molecule has 0 unspecified atom stereocenters. The Morgan fingerprint density at radius 2 is 2.00 bits per heavy atom. The first-order valence-electron chi connectivity index (χ1n) is 6.14. The van der Waals surface area contributed by atoms with Crippen molar-refractivity contribution in [2.24, 2.45) is 5.92 Å². The Morgan fingerprint density at radius 1 is 1.31 bits per heavy atom. The highest BCUT2D eigenvalue weighted by atomic mass is 32.2. The second kappa shape index (κ2) is 9.97. The van der Waals surface area contributed by atoms with Gasteiger partial charge < -0.3 is 10.6 Å². The van der Waals surface area contributed by atoms with Gasteiger partial charge in [-0.15, -0.1) is 0 Å². The van der Waals surface area contributed by atoms with Gasteiger partial charge in [0.15, 0.2) is 0 Å². The number of thioether (sulfide) groups is 1. The molecular formula is C12H26N2OS. The summed E-state index contributed by atoms with van der Waals surface area (Å²) in [7, 11) is 0. The van der Waals surface area contributed by atoms with Crippen LogP contribution in [0.4, 0.5) is 0 Å². The molecule has 0 saturated heterocycles. The van der Waals surface area contributed by atoms with E-state index in [9.17, 15) is 4.79 Å². The third-order valence-electron chi connectivity index (χ3n) is 2.23. The van der Waals surface area contributed by atoms with Crippen LogP contribution < -0.4 is 10.6 Å². The van der Waals surface area contributed by atoms with Crippen LogP contribution in [0.25, 0.3) is 0 Å². The Hall–Kier alpha value is -0.220. The monoisotopic (exact) mass is 246 g/mol. The van der Waals surface area contributed by atoms with Crippen LogP contribution in [0.15, 0.2) is 0 Å². The van der Waals surface area contributed by atoms with Gasteiger partial charge in [-0.05, 0) is 31.6 Å². The SMILES string of the molecule is CCN[C@H](C)CNC(=O)CSCCC(C)C. The highest BCUT2D eigenvalue weighted by Gasteiger charge is 2.04. The first-order chi connectivity index (χ1) is 7.56. The van der Waals surface area contributed by atoms with Crippen molar-refractivity contribution >= 4 is 17.7 Å². The lowest BCUT2D eigenvalue weighted by molar-refractivity contribution is -0.118. The number of rotatable bonds is 9. The molecule has 0 radical (unpaired) electrons. The zero-order valence-corrected chi connectivity index (χ0v) is 11.8. The quantitative estimate of drug-likeness (QED) is 0.610. The summed E-state index contributed by atoms with van der Waals surface area (Å²) in [6, 6.07) is 0.356. The minimum absolute atomic E-state index is 0.151. The Bertz CT molecular complexity index is 186. The summed E-state index contributed by atoms with van der Waals surface area (Å²) in [6.45, 7) is 10.2. The lowest BCUT2D eigenvalue weighted by Crippen LogP contribution is -2.39. The van der Waals surface area contributed by atoms with Gasteiger partial charge in [-0.25, -0.2) is 0 Å². The number of hydrogen-bond donors (Lipinski definition) is 2. The second-order valence-electron chi connectivity index (χ2n) is 4.50. The summed E-state index contributed by atoms with van der Waals surface area (Å²) in [5.74, 6) is 2.54. The van der Waals surface area contributed by atoms with Crippen LogP contribution in [0.2, 0.25) is 0 Å². The molecule has 0 bridgehead atoms. The molecule has 0 aliphatic rings. The maximum absolute atomic E-state index is 11.4. The van der Waals surface area contributed by atoms with Crippen LogP contribution in [-0.4, -0.2) is 36.5 Å². The lowest BCUT2D eigenvalue weighted by Gasteiger charge is -2.13. The van der Waals surface area contributed by atoms with E-state index >= 15 is 0 Å². The molecule has 1 atom stereocenters. The summed E-state index contributed by atoms with van der Waals surface area (Å²) in [5, 5.41) is 6.19. The number of likely N-dealkylation sites (N-methyl/N-ethyl adjacent to an activating group) is 1. The zero-order valence-electron chi connectivity index (χ0n) is 11.0. The van der Waals surface area contributed by atoms with E-state index in [-0.39, 0.29) is 5.91 Å². The molecule has 0 spiro atoms. The molecule has 2 N–H and O–H groups in total. The number of hydrogen-bond acceptors (Lipinski definition) is 3. The highest BCUT2D eigenvalue weighted by molar-refractivity contribution is 7.99. The number of nitrogens with one attached hydrogen (secondary N) is 2. The molecule has 0 aromatic heterocycles. The first kappa shape index (κ1) is 15.8. The van der Waals surface area contributed by atoms with Crippen molar-refractivity contribution in [2.45, 2.75) is 40.2 Å². The normalized spacial score (nSPS) is 12.8. The Balaban J connectivity index is 3.37. The second-order valence-corrected chi connectivity index (χ2v) is 5.60. The number of amides is 1. The minimum Gasteiger partial charge on any atom is -0.354 e. The molecule has 0 rings (SSSR count). The van der Waals surface area contributed by atoms with Crippen LogP contribution in [0.5, 0.6) is 0 Å². The fourth-order valence-electron chi connectivity index (χ4n) is 1.22. The summed E-state index contributed by atoms with van der Waals surface area (Å²) in [4.78, 5) is 11.4. The average molecular weight is 246 g/mol. The molecule has 0 aromatic rings. The van der Waals surface area contributed by atoms with Crippen LogP contribution >= 0.6 is 11.8 Å². The standard InChI is InChI=1S/C12H26N2OS/c1-5-13-11(4)8-14-12(15)9-16-7-6-10(2)3/h10-11,13H,5-9H2,1-4H3,(H,14,15)/t11-/m1/s1. The Morgan fingerprint density at radius 3 is 2.56 bits per heavy atom. The van der Waals surface area contributed by atoms with E-state index in [4.69, 9.17) is 0 Å².